The largest absolute Gasteiger partial charge is 0.445 e. The van der Waals surface area contributed by atoms with Crippen LogP contribution in [0.5, 0.6) is 0 Å². The van der Waals surface area contributed by atoms with Gasteiger partial charge in [0.05, 0.1) is 0 Å². The van der Waals surface area contributed by atoms with Crippen molar-refractivity contribution in [2.75, 3.05) is 6.54 Å². The van der Waals surface area contributed by atoms with Gasteiger partial charge in [-0.15, -0.1) is 0 Å². The number of nitrogens with two attached hydrogens (primary N) is 1. The summed E-state index contributed by atoms with van der Waals surface area (Å²) in [6.45, 7) is -0.249. The molecule has 0 heterocycles. The average Bonchev–Trinajstić information content (AvgIpc) is 3.14. The molecule has 32 heavy (non-hydrogen) atoms. The normalized spacial score (nSPS) is 12.9. The molecule has 0 spiro atoms. The fourth-order valence-electron chi connectivity index (χ4n) is 4.02. The van der Waals surface area contributed by atoms with Crippen LogP contribution in [0.3, 0.4) is 0 Å². The van der Waals surface area contributed by atoms with E-state index in [9.17, 15) is 14.4 Å². The number of rotatable bonds is 7. The Morgan fingerprint density at radius 1 is 0.844 bits per heavy atom. The second-order valence-corrected chi connectivity index (χ2v) is 7.52. The first-order valence-electron chi connectivity index (χ1n) is 10.3. The quantitative estimate of drug-likeness (QED) is 0.536. The Labute approximate surface area is 185 Å². The van der Waals surface area contributed by atoms with Gasteiger partial charge in [-0.2, -0.15) is 0 Å². The molecule has 0 saturated heterocycles. The molecule has 7 nitrogen and oxygen atoms in total. The van der Waals surface area contributed by atoms with Gasteiger partial charge in [0.2, 0.25) is 11.8 Å². The molecule has 1 aliphatic carbocycles. The molecule has 0 unspecified atom stereocenters. The second kappa shape index (κ2) is 9.34. The Kier molecular flexibility index (Phi) is 6.17. The van der Waals surface area contributed by atoms with E-state index in [0.29, 0.717) is 0 Å². The summed E-state index contributed by atoms with van der Waals surface area (Å²) in [5.74, 6) is -1.59. The molecule has 0 saturated carbocycles. The summed E-state index contributed by atoms with van der Waals surface area (Å²) in [5.41, 5.74) is 10.4. The summed E-state index contributed by atoms with van der Waals surface area (Å²) in [5, 5.41) is 5.09. The summed E-state index contributed by atoms with van der Waals surface area (Å²) in [6, 6.07) is 23.7. The van der Waals surface area contributed by atoms with Crippen LogP contribution in [0.25, 0.3) is 11.1 Å². The topological polar surface area (TPSA) is 111 Å². The number of alkyl carbamates (subject to hydrolysis) is 1. The third kappa shape index (κ3) is 4.46. The van der Waals surface area contributed by atoms with Gasteiger partial charge in [-0.3, -0.25) is 9.59 Å². The van der Waals surface area contributed by atoms with E-state index in [0.717, 1.165) is 27.8 Å². The van der Waals surface area contributed by atoms with Gasteiger partial charge in [-0.1, -0.05) is 78.9 Å². The van der Waals surface area contributed by atoms with Crippen molar-refractivity contribution in [3.8, 4) is 11.1 Å². The number of nitrogens with one attached hydrogen (secondary N) is 2. The van der Waals surface area contributed by atoms with Gasteiger partial charge in [0.25, 0.3) is 0 Å². The first-order chi connectivity index (χ1) is 15.5. The van der Waals surface area contributed by atoms with Crippen molar-refractivity contribution in [3.63, 3.8) is 0 Å². The van der Waals surface area contributed by atoms with Gasteiger partial charge in [-0.25, -0.2) is 4.79 Å². The van der Waals surface area contributed by atoms with Gasteiger partial charge in [-0.05, 0) is 27.8 Å². The third-order valence-electron chi connectivity index (χ3n) is 5.44. The smallest absolute Gasteiger partial charge is 0.407 e. The Morgan fingerprint density at radius 2 is 1.41 bits per heavy atom. The van der Waals surface area contributed by atoms with Crippen LogP contribution in [0.4, 0.5) is 4.79 Å². The van der Waals surface area contributed by atoms with Crippen molar-refractivity contribution in [3.05, 3.63) is 95.6 Å². The van der Waals surface area contributed by atoms with E-state index in [1.807, 2.05) is 78.9 Å². The maximum absolute atomic E-state index is 12.5. The van der Waals surface area contributed by atoms with Gasteiger partial charge >= 0.3 is 6.09 Å². The monoisotopic (exact) mass is 429 g/mol. The molecule has 0 bridgehead atoms. The molecular weight excluding hydrogens is 406 g/mol. The first kappa shape index (κ1) is 21.1. The lowest BCUT2D eigenvalue weighted by atomic mass is 9.89. The molecule has 0 fully saturated rings. The van der Waals surface area contributed by atoms with Crippen LogP contribution in [0.2, 0.25) is 0 Å². The predicted molar refractivity (Wildman–Crippen MR) is 119 cm³/mol. The van der Waals surface area contributed by atoms with Gasteiger partial charge in [0.1, 0.15) is 19.2 Å². The van der Waals surface area contributed by atoms with Gasteiger partial charge < -0.3 is 21.1 Å². The summed E-state index contributed by atoms with van der Waals surface area (Å²) >= 11 is 0. The molecule has 3 aromatic rings. The molecule has 1 aliphatic rings. The molecule has 0 aliphatic heterocycles. The Hall–Kier alpha value is -4.13. The number of hydrogen-bond donors (Lipinski definition) is 3. The van der Waals surface area contributed by atoms with Crippen molar-refractivity contribution >= 4 is 17.9 Å². The summed E-state index contributed by atoms with van der Waals surface area (Å²) in [7, 11) is 0. The number of primary amides is 1. The van der Waals surface area contributed by atoms with Crippen LogP contribution in [-0.4, -0.2) is 30.5 Å². The van der Waals surface area contributed by atoms with E-state index in [1.165, 1.54) is 0 Å². The van der Waals surface area contributed by atoms with Crippen LogP contribution in [0, 0.1) is 0 Å². The highest BCUT2D eigenvalue weighted by atomic mass is 16.5. The molecule has 4 rings (SSSR count). The first-order valence-corrected chi connectivity index (χ1v) is 10.3. The predicted octanol–water partition coefficient (Wildman–Crippen LogP) is 2.70. The lowest BCUT2D eigenvalue weighted by Gasteiger charge is -2.24. The highest BCUT2D eigenvalue weighted by molar-refractivity contribution is 5.92. The highest BCUT2D eigenvalue weighted by Gasteiger charge is 2.37. The Bertz CT molecular complexity index is 1100. The van der Waals surface area contributed by atoms with Crippen LogP contribution >= 0.6 is 0 Å². The average molecular weight is 429 g/mol. The molecule has 0 radical (unpaired) electrons. The van der Waals surface area contributed by atoms with Gasteiger partial charge in [0, 0.05) is 5.92 Å². The Balaban J connectivity index is 1.41. The van der Waals surface area contributed by atoms with Gasteiger partial charge in [0.15, 0.2) is 0 Å². The van der Waals surface area contributed by atoms with Crippen molar-refractivity contribution in [2.24, 2.45) is 5.73 Å². The van der Waals surface area contributed by atoms with Crippen LogP contribution in [0.15, 0.2) is 78.9 Å². The van der Waals surface area contributed by atoms with Crippen LogP contribution in [-0.2, 0) is 20.9 Å². The van der Waals surface area contributed by atoms with E-state index in [1.54, 1.807) is 0 Å². The minimum Gasteiger partial charge on any atom is -0.445 e. The van der Waals surface area contributed by atoms with Crippen LogP contribution < -0.4 is 16.4 Å². The maximum atomic E-state index is 12.5. The molecule has 4 N–H and O–H groups in total. The van der Waals surface area contributed by atoms with E-state index in [-0.39, 0.29) is 13.2 Å². The Morgan fingerprint density at radius 3 is 2.00 bits per heavy atom. The third-order valence-corrected chi connectivity index (χ3v) is 5.44. The fraction of sp³-hybridized carbons (Fsp3) is 0.160. The van der Waals surface area contributed by atoms with E-state index in [2.05, 4.69) is 10.6 Å². The van der Waals surface area contributed by atoms with Crippen molar-refractivity contribution < 1.29 is 19.1 Å². The minimum atomic E-state index is -0.963. The maximum Gasteiger partial charge on any atom is 0.407 e. The molecule has 3 amide bonds. The zero-order chi connectivity index (χ0) is 22.5. The number of carbonyl (C=O) groups is 3. The fourth-order valence-corrected chi connectivity index (χ4v) is 4.02. The minimum absolute atomic E-state index is 0.0911. The number of fused-ring (bicyclic) bond motifs is 3. The second-order valence-electron chi connectivity index (χ2n) is 7.52. The van der Waals surface area contributed by atoms with Crippen molar-refractivity contribution in [1.82, 2.24) is 10.6 Å². The van der Waals surface area contributed by atoms with Crippen LogP contribution in [0.1, 0.15) is 22.6 Å². The zero-order valence-corrected chi connectivity index (χ0v) is 17.3. The summed E-state index contributed by atoms with van der Waals surface area (Å²) in [4.78, 5) is 36.8. The van der Waals surface area contributed by atoms with E-state index in [4.69, 9.17) is 10.5 Å². The lowest BCUT2D eigenvalue weighted by molar-refractivity contribution is -0.127. The highest BCUT2D eigenvalue weighted by Crippen LogP contribution is 2.46. The molecule has 3 aromatic carbocycles. The molecular formula is C25H23N3O4. The number of carbonyl (C=O) groups excluding carboxylic acids is 3. The van der Waals surface area contributed by atoms with Crippen molar-refractivity contribution in [1.29, 1.82) is 0 Å². The number of ether oxygens (including phenoxy) is 1. The zero-order valence-electron chi connectivity index (χ0n) is 17.3. The number of amides is 3. The number of benzene rings is 3. The van der Waals surface area contributed by atoms with E-state index >= 15 is 0 Å². The SMILES string of the molecule is NC(=O)[C@H](NC(=O)CNC(=O)OCc1ccccc1)C1c2ccccc2-c2ccccc21. The molecule has 1 atom stereocenters. The number of hydrogen-bond acceptors (Lipinski definition) is 4. The standard InChI is InChI=1S/C25H23N3O4/c26-24(30)23(22-19-12-6-4-10-17(19)18-11-5-7-13-20(18)22)28-21(29)14-27-25(31)32-15-16-8-2-1-3-9-16/h1-13,22-23H,14-15H2,(H2,26,30)(H,27,31)(H,28,29)/t23-/m1/s1. The summed E-state index contributed by atoms with van der Waals surface area (Å²) in [6.07, 6.45) is -0.726. The van der Waals surface area contributed by atoms with E-state index < -0.39 is 29.9 Å². The van der Waals surface area contributed by atoms with Crippen molar-refractivity contribution in [2.45, 2.75) is 18.6 Å². The molecule has 7 heteroatoms. The molecule has 0 aromatic heterocycles. The molecule has 162 valence electrons. The summed E-state index contributed by atoms with van der Waals surface area (Å²) < 4.78 is 5.10. The lowest BCUT2D eigenvalue weighted by Crippen LogP contribution is -2.50.